The number of nitrogens with one attached hydrogen (secondary N) is 1. The van der Waals surface area contributed by atoms with E-state index in [1.807, 2.05) is 78.9 Å². The predicted molar refractivity (Wildman–Crippen MR) is 123 cm³/mol. The largest absolute Gasteiger partial charge is 0.483 e. The molecule has 0 radical (unpaired) electrons. The van der Waals surface area contributed by atoms with Crippen molar-refractivity contribution in [2.45, 2.75) is 0 Å². The smallest absolute Gasteiger partial charge is 0.264 e. The van der Waals surface area contributed by atoms with E-state index in [4.69, 9.17) is 4.74 Å². The summed E-state index contributed by atoms with van der Waals surface area (Å²) in [6.07, 6.45) is 0. The fourth-order valence-corrected chi connectivity index (χ4v) is 4.36. The molecule has 1 heterocycles. The highest BCUT2D eigenvalue weighted by molar-refractivity contribution is 7.22. The summed E-state index contributed by atoms with van der Waals surface area (Å²) >= 11 is 1.46. The van der Waals surface area contributed by atoms with Crippen molar-refractivity contribution in [3.8, 4) is 16.9 Å². The number of para-hydroxylation sites is 1. The van der Waals surface area contributed by atoms with E-state index in [9.17, 15) is 4.79 Å². The number of anilines is 1. The number of amides is 1. The number of rotatable bonds is 5. The molecule has 1 aromatic heterocycles. The molecule has 0 aliphatic heterocycles. The highest BCUT2D eigenvalue weighted by atomic mass is 32.1. The van der Waals surface area contributed by atoms with Crippen molar-refractivity contribution in [1.29, 1.82) is 0 Å². The van der Waals surface area contributed by atoms with Gasteiger partial charge in [-0.05, 0) is 23.1 Å². The number of hydrogen-bond donors (Lipinski definition) is 1. The van der Waals surface area contributed by atoms with Crippen LogP contribution >= 0.6 is 11.3 Å². The van der Waals surface area contributed by atoms with Crippen molar-refractivity contribution >= 4 is 43.4 Å². The lowest BCUT2D eigenvalue weighted by atomic mass is 10.1. The predicted octanol–water partition coefficient (Wildman–Crippen LogP) is 6.13. The highest BCUT2D eigenvalue weighted by Gasteiger charge is 2.12. The standard InChI is InChI=1S/C25H18N2O2S/c28-23(16-29-21-13-7-6-11-19(21)17-8-2-1-3-9-17)26-25-27-24-20-12-5-4-10-18(20)14-15-22(24)30-25/h1-15H,16H2,(H,26,27,28). The maximum atomic E-state index is 12.5. The first-order valence-corrected chi connectivity index (χ1v) is 10.4. The van der Waals surface area contributed by atoms with Gasteiger partial charge in [-0.1, -0.05) is 90.2 Å². The van der Waals surface area contributed by atoms with Crippen LogP contribution in [0.3, 0.4) is 0 Å². The monoisotopic (exact) mass is 410 g/mol. The fourth-order valence-electron chi connectivity index (χ4n) is 3.46. The van der Waals surface area contributed by atoms with Crippen molar-refractivity contribution in [3.05, 3.63) is 91.0 Å². The molecule has 1 amide bonds. The maximum Gasteiger partial charge on any atom is 0.264 e. The molecule has 0 unspecified atom stereocenters. The topological polar surface area (TPSA) is 51.2 Å². The van der Waals surface area contributed by atoms with Crippen molar-refractivity contribution in [1.82, 2.24) is 4.98 Å². The van der Waals surface area contributed by atoms with E-state index in [1.54, 1.807) is 0 Å². The Bertz CT molecular complexity index is 1350. The van der Waals surface area contributed by atoms with Gasteiger partial charge in [0.25, 0.3) is 5.91 Å². The van der Waals surface area contributed by atoms with Gasteiger partial charge in [0, 0.05) is 10.9 Å². The summed E-state index contributed by atoms with van der Waals surface area (Å²) in [7, 11) is 0. The van der Waals surface area contributed by atoms with Crippen LogP contribution in [0, 0.1) is 0 Å². The lowest BCUT2D eigenvalue weighted by Gasteiger charge is -2.11. The van der Waals surface area contributed by atoms with Crippen LogP contribution in [-0.2, 0) is 4.79 Å². The van der Waals surface area contributed by atoms with Crippen molar-refractivity contribution < 1.29 is 9.53 Å². The number of ether oxygens (including phenoxy) is 1. The zero-order valence-electron chi connectivity index (χ0n) is 16.0. The Morgan fingerprint density at radius 1 is 0.867 bits per heavy atom. The molecule has 0 fully saturated rings. The van der Waals surface area contributed by atoms with E-state index in [1.165, 1.54) is 11.3 Å². The Morgan fingerprint density at radius 3 is 2.53 bits per heavy atom. The quantitative estimate of drug-likeness (QED) is 0.379. The molecule has 0 saturated heterocycles. The normalized spacial score (nSPS) is 10.9. The van der Waals surface area contributed by atoms with Gasteiger partial charge < -0.3 is 4.74 Å². The molecule has 0 atom stereocenters. The Labute approximate surface area is 177 Å². The maximum absolute atomic E-state index is 12.5. The van der Waals surface area contributed by atoms with Crippen LogP contribution in [0.25, 0.3) is 32.1 Å². The third kappa shape index (κ3) is 3.63. The Kier molecular flexibility index (Phi) is 4.87. The van der Waals surface area contributed by atoms with Crippen LogP contribution in [0.15, 0.2) is 91.0 Å². The Morgan fingerprint density at radius 2 is 1.63 bits per heavy atom. The van der Waals surface area contributed by atoms with Crippen molar-refractivity contribution in [2.75, 3.05) is 11.9 Å². The number of aromatic nitrogens is 1. The van der Waals surface area contributed by atoms with Gasteiger partial charge in [0.1, 0.15) is 5.75 Å². The fraction of sp³-hybridized carbons (Fsp3) is 0.0400. The summed E-state index contributed by atoms with van der Waals surface area (Å²) in [4.78, 5) is 17.1. The second-order valence-electron chi connectivity index (χ2n) is 6.85. The molecule has 0 spiro atoms. The molecular weight excluding hydrogens is 392 g/mol. The summed E-state index contributed by atoms with van der Waals surface area (Å²) in [6, 6.07) is 29.9. The van der Waals surface area contributed by atoms with Crippen molar-refractivity contribution in [3.63, 3.8) is 0 Å². The summed E-state index contributed by atoms with van der Waals surface area (Å²) < 4.78 is 6.88. The molecular formula is C25H18N2O2S. The van der Waals surface area contributed by atoms with Crippen LogP contribution in [-0.4, -0.2) is 17.5 Å². The summed E-state index contributed by atoms with van der Waals surface area (Å²) in [5, 5.41) is 5.66. The zero-order valence-corrected chi connectivity index (χ0v) is 16.9. The molecule has 5 heteroatoms. The van der Waals surface area contributed by atoms with Crippen LogP contribution < -0.4 is 10.1 Å². The van der Waals surface area contributed by atoms with Gasteiger partial charge in [-0.25, -0.2) is 4.98 Å². The van der Waals surface area contributed by atoms with Crippen LogP contribution in [0.4, 0.5) is 5.13 Å². The molecule has 146 valence electrons. The minimum absolute atomic E-state index is 0.0828. The summed E-state index contributed by atoms with van der Waals surface area (Å²) in [6.45, 7) is -0.0828. The number of carbonyl (C=O) groups excluding carboxylic acids is 1. The third-order valence-electron chi connectivity index (χ3n) is 4.86. The average Bonchev–Trinajstić information content (AvgIpc) is 3.21. The number of carbonyl (C=O) groups is 1. The second kappa shape index (κ2) is 7.97. The van der Waals surface area contributed by atoms with Gasteiger partial charge in [0.05, 0.1) is 10.2 Å². The average molecular weight is 410 g/mol. The van der Waals surface area contributed by atoms with Gasteiger partial charge >= 0.3 is 0 Å². The molecule has 0 bridgehead atoms. The molecule has 30 heavy (non-hydrogen) atoms. The van der Waals surface area contributed by atoms with Crippen LogP contribution in [0.1, 0.15) is 0 Å². The van der Waals surface area contributed by atoms with E-state index in [2.05, 4.69) is 22.4 Å². The van der Waals surface area contributed by atoms with Gasteiger partial charge in [0.2, 0.25) is 0 Å². The minimum atomic E-state index is -0.235. The molecule has 4 nitrogen and oxygen atoms in total. The lowest BCUT2D eigenvalue weighted by molar-refractivity contribution is -0.118. The number of hydrogen-bond acceptors (Lipinski definition) is 4. The van der Waals surface area contributed by atoms with Gasteiger partial charge in [-0.3, -0.25) is 10.1 Å². The van der Waals surface area contributed by atoms with Crippen LogP contribution in [0.2, 0.25) is 0 Å². The van der Waals surface area contributed by atoms with E-state index in [0.29, 0.717) is 10.9 Å². The van der Waals surface area contributed by atoms with Gasteiger partial charge in [-0.15, -0.1) is 0 Å². The zero-order chi connectivity index (χ0) is 20.3. The lowest BCUT2D eigenvalue weighted by Crippen LogP contribution is -2.20. The molecule has 5 rings (SSSR count). The van der Waals surface area contributed by atoms with E-state index >= 15 is 0 Å². The molecule has 0 saturated carbocycles. The van der Waals surface area contributed by atoms with Crippen LogP contribution in [0.5, 0.6) is 5.75 Å². The Hall–Kier alpha value is -3.70. The molecule has 0 aliphatic rings. The third-order valence-corrected chi connectivity index (χ3v) is 5.80. The number of fused-ring (bicyclic) bond motifs is 3. The summed E-state index contributed by atoms with van der Waals surface area (Å²) in [5.41, 5.74) is 2.91. The molecule has 0 aliphatic carbocycles. The molecule has 5 aromatic rings. The molecule has 4 aromatic carbocycles. The number of thiazole rings is 1. The number of benzene rings is 4. The Balaban J connectivity index is 1.32. The van der Waals surface area contributed by atoms with E-state index < -0.39 is 0 Å². The van der Waals surface area contributed by atoms with Crippen molar-refractivity contribution in [2.24, 2.45) is 0 Å². The number of nitrogens with zero attached hydrogens (tertiary/aromatic N) is 1. The first-order chi connectivity index (χ1) is 14.8. The SMILES string of the molecule is O=C(COc1ccccc1-c1ccccc1)Nc1nc2c(ccc3ccccc32)s1. The van der Waals surface area contributed by atoms with E-state index in [0.717, 1.165) is 32.1 Å². The van der Waals surface area contributed by atoms with E-state index in [-0.39, 0.29) is 12.5 Å². The second-order valence-corrected chi connectivity index (χ2v) is 7.88. The first kappa shape index (κ1) is 18.3. The minimum Gasteiger partial charge on any atom is -0.483 e. The first-order valence-electron chi connectivity index (χ1n) is 9.63. The van der Waals surface area contributed by atoms with Gasteiger partial charge in [-0.2, -0.15) is 0 Å². The summed E-state index contributed by atoms with van der Waals surface area (Å²) in [5.74, 6) is 0.440. The molecule has 1 N–H and O–H groups in total. The van der Waals surface area contributed by atoms with Gasteiger partial charge in [0.15, 0.2) is 11.7 Å². The highest BCUT2D eigenvalue weighted by Crippen LogP contribution is 2.32.